The number of para-hydroxylation sites is 1. The number of hydrogen-bond donors (Lipinski definition) is 1. The van der Waals surface area contributed by atoms with Gasteiger partial charge in [-0.25, -0.2) is 4.98 Å². The number of rotatable bonds is 11. The highest BCUT2D eigenvalue weighted by Crippen LogP contribution is 2.32. The fourth-order valence-electron chi connectivity index (χ4n) is 2.89. The van der Waals surface area contributed by atoms with Gasteiger partial charge in [0.05, 0.1) is 12.9 Å². The molecule has 0 aliphatic carbocycles. The van der Waals surface area contributed by atoms with E-state index < -0.39 is 0 Å². The molecule has 0 bridgehead atoms. The lowest BCUT2D eigenvalue weighted by molar-refractivity contribution is 0.266. The van der Waals surface area contributed by atoms with E-state index >= 15 is 0 Å². The molecule has 1 N–H and O–H groups in total. The molecule has 28 heavy (non-hydrogen) atoms. The molecular formula is C22H28ClN3O2. The fourth-order valence-corrected chi connectivity index (χ4v) is 2.89. The molecule has 6 heteroatoms. The van der Waals surface area contributed by atoms with Gasteiger partial charge in [0, 0.05) is 31.0 Å². The molecule has 0 aliphatic heterocycles. The van der Waals surface area contributed by atoms with E-state index in [1.165, 1.54) is 0 Å². The monoisotopic (exact) mass is 401 g/mol. The molecule has 0 radical (unpaired) electrons. The molecule has 1 aromatic heterocycles. The summed E-state index contributed by atoms with van der Waals surface area (Å²) in [5.74, 6) is 1.62. The number of nitrogens with zero attached hydrogens (tertiary/aromatic N) is 2. The number of aryl methyl sites for hydroxylation is 1. The average Bonchev–Trinajstić information content (AvgIpc) is 3.22. The lowest BCUT2D eigenvalue weighted by atomic mass is 10.1. The Morgan fingerprint density at radius 2 is 1.89 bits per heavy atom. The minimum Gasteiger partial charge on any atom is -0.490 e. The summed E-state index contributed by atoms with van der Waals surface area (Å²) < 4.78 is 14.0. The van der Waals surface area contributed by atoms with E-state index in [4.69, 9.17) is 9.47 Å². The third-order valence-corrected chi connectivity index (χ3v) is 4.23. The van der Waals surface area contributed by atoms with Crippen molar-refractivity contribution >= 4 is 12.4 Å². The molecule has 3 aromatic rings. The Hall–Kier alpha value is -2.50. The van der Waals surface area contributed by atoms with E-state index in [9.17, 15) is 0 Å². The second-order valence-electron chi connectivity index (χ2n) is 6.28. The number of ether oxygens (including phenoxy) is 2. The average molecular weight is 402 g/mol. The first-order chi connectivity index (χ1) is 13.4. The highest BCUT2D eigenvalue weighted by molar-refractivity contribution is 5.85. The van der Waals surface area contributed by atoms with Crippen molar-refractivity contribution in [2.24, 2.45) is 0 Å². The van der Waals surface area contributed by atoms with Crippen molar-refractivity contribution in [3.8, 4) is 11.5 Å². The van der Waals surface area contributed by atoms with Crippen molar-refractivity contribution in [3.05, 3.63) is 78.4 Å². The van der Waals surface area contributed by atoms with Crippen LogP contribution in [0.1, 0.15) is 24.5 Å². The van der Waals surface area contributed by atoms with Crippen molar-refractivity contribution < 1.29 is 9.47 Å². The van der Waals surface area contributed by atoms with Crippen LogP contribution in [0.2, 0.25) is 0 Å². The Morgan fingerprint density at radius 1 is 1.04 bits per heavy atom. The van der Waals surface area contributed by atoms with Gasteiger partial charge in [0.2, 0.25) is 0 Å². The first-order valence-electron chi connectivity index (χ1n) is 9.44. The molecule has 0 amide bonds. The molecule has 2 aromatic carbocycles. The van der Waals surface area contributed by atoms with Crippen LogP contribution in [0.3, 0.4) is 0 Å². The van der Waals surface area contributed by atoms with E-state index in [0.29, 0.717) is 13.2 Å². The molecule has 0 fully saturated rings. The van der Waals surface area contributed by atoms with E-state index in [2.05, 4.69) is 33.1 Å². The van der Waals surface area contributed by atoms with Crippen molar-refractivity contribution in [3.63, 3.8) is 0 Å². The summed E-state index contributed by atoms with van der Waals surface area (Å²) in [5.41, 5.74) is 2.25. The first-order valence-corrected chi connectivity index (χ1v) is 9.44. The molecule has 0 spiro atoms. The first kappa shape index (κ1) is 21.8. The van der Waals surface area contributed by atoms with Crippen LogP contribution < -0.4 is 14.8 Å². The van der Waals surface area contributed by atoms with Crippen LogP contribution in [0.25, 0.3) is 0 Å². The molecule has 3 rings (SSSR count). The van der Waals surface area contributed by atoms with Gasteiger partial charge in [-0.05, 0) is 31.5 Å². The lowest BCUT2D eigenvalue weighted by Gasteiger charge is -2.16. The van der Waals surface area contributed by atoms with E-state index in [1.54, 1.807) is 0 Å². The summed E-state index contributed by atoms with van der Waals surface area (Å²) in [6.07, 6.45) is 6.69. The molecule has 1 heterocycles. The summed E-state index contributed by atoms with van der Waals surface area (Å²) in [6.45, 7) is 5.76. The van der Waals surface area contributed by atoms with Gasteiger partial charge >= 0.3 is 0 Å². The van der Waals surface area contributed by atoms with Crippen LogP contribution in [0.5, 0.6) is 11.5 Å². The Labute approximate surface area is 173 Å². The topological polar surface area (TPSA) is 48.3 Å². The number of aromatic nitrogens is 2. The Balaban J connectivity index is 0.00000280. The van der Waals surface area contributed by atoms with Crippen LogP contribution in [0.4, 0.5) is 0 Å². The zero-order chi connectivity index (χ0) is 18.7. The Bertz CT molecular complexity index is 795. The maximum atomic E-state index is 6.15. The van der Waals surface area contributed by atoms with Gasteiger partial charge in [-0.2, -0.15) is 0 Å². The minimum atomic E-state index is 0. The fraction of sp³-hybridized carbons (Fsp3) is 0.318. The zero-order valence-corrected chi connectivity index (χ0v) is 17.0. The second kappa shape index (κ2) is 12.1. The number of hydrogen-bond acceptors (Lipinski definition) is 4. The highest BCUT2D eigenvalue weighted by atomic mass is 35.5. The summed E-state index contributed by atoms with van der Waals surface area (Å²) >= 11 is 0. The molecule has 0 aliphatic rings. The number of halogens is 1. The van der Waals surface area contributed by atoms with Gasteiger partial charge < -0.3 is 19.4 Å². The normalized spacial score (nSPS) is 10.3. The number of benzene rings is 2. The van der Waals surface area contributed by atoms with Gasteiger partial charge in [0.25, 0.3) is 0 Å². The molecule has 0 atom stereocenters. The van der Waals surface area contributed by atoms with Crippen LogP contribution in [0, 0.1) is 0 Å². The summed E-state index contributed by atoms with van der Waals surface area (Å²) in [7, 11) is 0. The molecule has 0 unspecified atom stereocenters. The van der Waals surface area contributed by atoms with E-state index in [0.717, 1.165) is 48.7 Å². The van der Waals surface area contributed by atoms with Crippen molar-refractivity contribution in [2.45, 2.75) is 33.0 Å². The van der Waals surface area contributed by atoms with Gasteiger partial charge in [-0.3, -0.25) is 0 Å². The predicted octanol–water partition coefficient (Wildman–Crippen LogP) is 4.46. The van der Waals surface area contributed by atoms with Crippen LogP contribution in [0.15, 0.2) is 67.3 Å². The molecule has 5 nitrogen and oxygen atoms in total. The third kappa shape index (κ3) is 6.59. The molecular weight excluding hydrogens is 374 g/mol. The predicted molar refractivity (Wildman–Crippen MR) is 114 cm³/mol. The highest BCUT2D eigenvalue weighted by Gasteiger charge is 2.11. The number of imidazole rings is 1. The van der Waals surface area contributed by atoms with Crippen molar-refractivity contribution in [1.82, 2.24) is 14.9 Å². The van der Waals surface area contributed by atoms with Gasteiger partial charge in [0.1, 0.15) is 6.61 Å². The van der Waals surface area contributed by atoms with Gasteiger partial charge in [-0.15, -0.1) is 12.4 Å². The van der Waals surface area contributed by atoms with Gasteiger partial charge in [-0.1, -0.05) is 42.5 Å². The van der Waals surface area contributed by atoms with Crippen LogP contribution in [-0.4, -0.2) is 22.7 Å². The second-order valence-corrected chi connectivity index (χ2v) is 6.28. The number of nitrogens with one attached hydrogen (secondary N) is 1. The van der Waals surface area contributed by atoms with E-state index in [1.807, 2.05) is 56.0 Å². The maximum absolute atomic E-state index is 6.15. The molecule has 150 valence electrons. The standard InChI is InChI=1S/C22H27N3O2.ClH/c1-2-26-21-11-6-10-20(16-23-12-7-14-25-15-13-24-18-25)22(21)27-17-19-8-4-3-5-9-19;/h3-6,8-11,13,15,18,23H,2,7,12,14,16-17H2,1H3;1H. The molecule has 0 saturated heterocycles. The largest absolute Gasteiger partial charge is 0.490 e. The summed E-state index contributed by atoms with van der Waals surface area (Å²) in [6, 6.07) is 16.3. The quantitative estimate of drug-likeness (QED) is 0.482. The Kier molecular flexibility index (Phi) is 9.39. The van der Waals surface area contributed by atoms with Gasteiger partial charge in [0.15, 0.2) is 11.5 Å². The summed E-state index contributed by atoms with van der Waals surface area (Å²) in [5, 5.41) is 3.50. The van der Waals surface area contributed by atoms with Crippen molar-refractivity contribution in [2.75, 3.05) is 13.2 Å². The smallest absolute Gasteiger partial charge is 0.166 e. The third-order valence-electron chi connectivity index (χ3n) is 4.23. The lowest BCUT2D eigenvalue weighted by Crippen LogP contribution is -2.17. The minimum absolute atomic E-state index is 0. The SMILES string of the molecule is CCOc1cccc(CNCCCn2ccnc2)c1OCc1ccccc1.Cl. The summed E-state index contributed by atoms with van der Waals surface area (Å²) in [4.78, 5) is 4.06. The molecule has 0 saturated carbocycles. The van der Waals surface area contributed by atoms with Crippen molar-refractivity contribution in [1.29, 1.82) is 0 Å². The van der Waals surface area contributed by atoms with E-state index in [-0.39, 0.29) is 12.4 Å². The maximum Gasteiger partial charge on any atom is 0.166 e. The zero-order valence-electron chi connectivity index (χ0n) is 16.2. The Morgan fingerprint density at radius 3 is 2.64 bits per heavy atom. The van der Waals surface area contributed by atoms with Crippen LogP contribution >= 0.6 is 12.4 Å². The van der Waals surface area contributed by atoms with Crippen LogP contribution in [-0.2, 0) is 19.7 Å².